The van der Waals surface area contributed by atoms with E-state index in [0.717, 1.165) is 31.0 Å². The van der Waals surface area contributed by atoms with E-state index in [1.807, 2.05) is 0 Å². The standard InChI is InChI=1S/C12H16N4O2S2.ClH/c13-8-9-4-1-2-7-16(9)20(17,18)11-6-3-5-10-12(11)15-19-14-10;/h3,5-6,9H,1-2,4,7-8,13H2;1H. The molecule has 1 saturated heterocycles. The number of sulfonamides is 1. The van der Waals surface area contributed by atoms with Gasteiger partial charge in [-0.2, -0.15) is 13.1 Å². The molecule has 1 aromatic carbocycles. The lowest BCUT2D eigenvalue weighted by molar-refractivity contribution is 0.258. The summed E-state index contributed by atoms with van der Waals surface area (Å²) in [6.07, 6.45) is 2.72. The van der Waals surface area contributed by atoms with Crippen molar-refractivity contribution in [2.75, 3.05) is 13.1 Å². The zero-order valence-electron chi connectivity index (χ0n) is 11.3. The number of hydrogen-bond donors (Lipinski definition) is 1. The summed E-state index contributed by atoms with van der Waals surface area (Å²) in [5.74, 6) is 0. The quantitative estimate of drug-likeness (QED) is 0.910. The number of hydrogen-bond acceptors (Lipinski definition) is 6. The van der Waals surface area contributed by atoms with Gasteiger partial charge in [0.15, 0.2) is 0 Å². The van der Waals surface area contributed by atoms with Crippen LogP contribution in [-0.4, -0.2) is 40.6 Å². The molecular formula is C12H17ClN4O2S2. The molecule has 2 heterocycles. The fraction of sp³-hybridized carbons (Fsp3) is 0.500. The maximum Gasteiger partial charge on any atom is 0.245 e. The van der Waals surface area contributed by atoms with Gasteiger partial charge in [-0.25, -0.2) is 8.42 Å². The highest BCUT2D eigenvalue weighted by Gasteiger charge is 2.34. The van der Waals surface area contributed by atoms with E-state index < -0.39 is 10.0 Å². The molecular weight excluding hydrogens is 332 g/mol. The number of piperidine rings is 1. The monoisotopic (exact) mass is 348 g/mol. The van der Waals surface area contributed by atoms with E-state index in [-0.39, 0.29) is 23.3 Å². The molecule has 2 N–H and O–H groups in total. The maximum absolute atomic E-state index is 12.9. The van der Waals surface area contributed by atoms with E-state index >= 15 is 0 Å². The number of rotatable bonds is 3. The van der Waals surface area contributed by atoms with Crippen LogP contribution >= 0.6 is 24.1 Å². The van der Waals surface area contributed by atoms with Gasteiger partial charge in [-0.15, -0.1) is 12.4 Å². The van der Waals surface area contributed by atoms with Crippen LogP contribution in [0.5, 0.6) is 0 Å². The highest BCUT2D eigenvalue weighted by atomic mass is 35.5. The van der Waals surface area contributed by atoms with Crippen molar-refractivity contribution in [2.45, 2.75) is 30.2 Å². The van der Waals surface area contributed by atoms with Crippen molar-refractivity contribution in [1.29, 1.82) is 0 Å². The summed E-state index contributed by atoms with van der Waals surface area (Å²) >= 11 is 1.03. The minimum Gasteiger partial charge on any atom is -0.329 e. The van der Waals surface area contributed by atoms with Crippen molar-refractivity contribution < 1.29 is 8.42 Å². The minimum atomic E-state index is -3.56. The predicted octanol–water partition coefficient (Wildman–Crippen LogP) is 1.62. The number of nitrogens with zero attached hydrogens (tertiary/aromatic N) is 3. The fourth-order valence-corrected chi connectivity index (χ4v) is 5.10. The van der Waals surface area contributed by atoms with Gasteiger partial charge in [-0.05, 0) is 25.0 Å². The molecule has 116 valence electrons. The molecule has 0 spiro atoms. The van der Waals surface area contributed by atoms with Crippen molar-refractivity contribution in [3.63, 3.8) is 0 Å². The molecule has 0 saturated carbocycles. The Morgan fingerprint density at radius 1 is 1.33 bits per heavy atom. The molecule has 1 atom stereocenters. The lowest BCUT2D eigenvalue weighted by Gasteiger charge is -2.33. The van der Waals surface area contributed by atoms with Crippen LogP contribution in [0.25, 0.3) is 11.0 Å². The van der Waals surface area contributed by atoms with Crippen LogP contribution in [0.3, 0.4) is 0 Å². The Bertz CT molecular complexity index is 719. The summed E-state index contributed by atoms with van der Waals surface area (Å²) in [7, 11) is -3.56. The number of benzene rings is 1. The summed E-state index contributed by atoms with van der Waals surface area (Å²) in [5.41, 5.74) is 6.81. The molecule has 0 amide bonds. The Labute approximate surface area is 134 Å². The van der Waals surface area contributed by atoms with Gasteiger partial charge in [0.2, 0.25) is 10.0 Å². The fourth-order valence-electron chi connectivity index (χ4n) is 2.64. The largest absolute Gasteiger partial charge is 0.329 e. The van der Waals surface area contributed by atoms with Gasteiger partial charge >= 0.3 is 0 Å². The molecule has 3 rings (SSSR count). The molecule has 0 radical (unpaired) electrons. The molecule has 1 aromatic heterocycles. The average molecular weight is 349 g/mol. The van der Waals surface area contributed by atoms with Gasteiger partial charge < -0.3 is 5.73 Å². The smallest absolute Gasteiger partial charge is 0.245 e. The van der Waals surface area contributed by atoms with Crippen LogP contribution in [0.4, 0.5) is 0 Å². The van der Waals surface area contributed by atoms with E-state index in [0.29, 0.717) is 24.1 Å². The molecule has 0 aliphatic carbocycles. The highest BCUT2D eigenvalue weighted by molar-refractivity contribution is 7.89. The number of fused-ring (bicyclic) bond motifs is 1. The topological polar surface area (TPSA) is 89.2 Å². The highest BCUT2D eigenvalue weighted by Crippen LogP contribution is 2.28. The Balaban J connectivity index is 0.00000161. The molecule has 1 aliphatic heterocycles. The molecule has 21 heavy (non-hydrogen) atoms. The average Bonchev–Trinajstić information content (AvgIpc) is 2.95. The van der Waals surface area contributed by atoms with Gasteiger partial charge in [0.1, 0.15) is 15.9 Å². The summed E-state index contributed by atoms with van der Waals surface area (Å²) in [6, 6.07) is 4.96. The molecule has 1 unspecified atom stereocenters. The Morgan fingerprint density at radius 3 is 2.90 bits per heavy atom. The van der Waals surface area contributed by atoms with Crippen LogP contribution in [0.1, 0.15) is 19.3 Å². The normalized spacial score (nSPS) is 20.3. The van der Waals surface area contributed by atoms with Crippen molar-refractivity contribution in [3.8, 4) is 0 Å². The zero-order valence-corrected chi connectivity index (χ0v) is 13.8. The van der Waals surface area contributed by atoms with Gasteiger partial charge in [-0.1, -0.05) is 12.5 Å². The van der Waals surface area contributed by atoms with E-state index in [9.17, 15) is 8.42 Å². The Morgan fingerprint density at radius 2 is 2.14 bits per heavy atom. The van der Waals surface area contributed by atoms with Gasteiger partial charge in [0.05, 0.1) is 11.7 Å². The second-order valence-corrected chi connectivity index (χ2v) is 7.28. The van der Waals surface area contributed by atoms with Crippen molar-refractivity contribution in [3.05, 3.63) is 18.2 Å². The lowest BCUT2D eigenvalue weighted by atomic mass is 10.1. The van der Waals surface area contributed by atoms with Crippen molar-refractivity contribution in [2.24, 2.45) is 5.73 Å². The summed E-state index contributed by atoms with van der Waals surface area (Å²) in [4.78, 5) is 0.240. The van der Waals surface area contributed by atoms with E-state index in [1.54, 1.807) is 18.2 Å². The predicted molar refractivity (Wildman–Crippen MR) is 85.2 cm³/mol. The summed E-state index contributed by atoms with van der Waals surface area (Å²) in [6.45, 7) is 0.878. The molecule has 0 bridgehead atoms. The summed E-state index contributed by atoms with van der Waals surface area (Å²) < 4.78 is 35.5. The van der Waals surface area contributed by atoms with Crippen molar-refractivity contribution >= 4 is 45.2 Å². The van der Waals surface area contributed by atoms with Crippen LogP contribution < -0.4 is 5.73 Å². The first-order chi connectivity index (χ1) is 9.64. The van der Waals surface area contributed by atoms with Gasteiger partial charge in [0, 0.05) is 19.1 Å². The van der Waals surface area contributed by atoms with Gasteiger partial charge in [0.25, 0.3) is 0 Å². The third-order valence-corrected chi connectivity index (χ3v) is 6.21. The Kier molecular flexibility index (Phi) is 5.15. The second kappa shape index (κ2) is 6.53. The SMILES string of the molecule is Cl.NCC1CCCCN1S(=O)(=O)c1cccc2nsnc12. The van der Waals surface area contributed by atoms with Crippen LogP contribution in [0, 0.1) is 0 Å². The number of aromatic nitrogens is 2. The Hall–Kier alpha value is -0.800. The molecule has 1 aliphatic rings. The van der Waals surface area contributed by atoms with Crippen LogP contribution in [-0.2, 0) is 10.0 Å². The summed E-state index contributed by atoms with van der Waals surface area (Å²) in [5, 5.41) is 0. The molecule has 9 heteroatoms. The van der Waals surface area contributed by atoms with E-state index in [4.69, 9.17) is 5.73 Å². The second-order valence-electron chi connectivity index (χ2n) is 4.89. The first-order valence-corrected chi connectivity index (χ1v) is 8.75. The third-order valence-electron chi connectivity index (χ3n) is 3.68. The van der Waals surface area contributed by atoms with E-state index in [1.165, 1.54) is 4.31 Å². The van der Waals surface area contributed by atoms with Gasteiger partial charge in [-0.3, -0.25) is 0 Å². The third kappa shape index (κ3) is 2.91. The van der Waals surface area contributed by atoms with Crippen LogP contribution in [0.15, 0.2) is 23.1 Å². The number of halogens is 1. The lowest BCUT2D eigenvalue weighted by Crippen LogP contribution is -2.47. The first-order valence-electron chi connectivity index (χ1n) is 6.58. The molecule has 6 nitrogen and oxygen atoms in total. The molecule has 2 aromatic rings. The minimum absolute atomic E-state index is 0. The first kappa shape index (κ1) is 16.6. The van der Waals surface area contributed by atoms with Crippen LogP contribution in [0.2, 0.25) is 0 Å². The maximum atomic E-state index is 12.9. The number of nitrogens with two attached hydrogens (primary N) is 1. The molecule has 1 fully saturated rings. The van der Waals surface area contributed by atoms with E-state index in [2.05, 4.69) is 8.75 Å². The zero-order chi connectivity index (χ0) is 14.2. The van der Waals surface area contributed by atoms with Crippen molar-refractivity contribution in [1.82, 2.24) is 13.1 Å².